The molecule has 0 aliphatic carbocycles. The van der Waals surface area contributed by atoms with E-state index in [4.69, 9.17) is 0 Å². The highest BCUT2D eigenvalue weighted by Crippen LogP contribution is 2.42. The second-order valence-corrected chi connectivity index (χ2v) is 3.24. The average molecular weight is 275 g/mol. The summed E-state index contributed by atoms with van der Waals surface area (Å²) in [5.41, 5.74) is -1.15. The van der Waals surface area contributed by atoms with Crippen LogP contribution in [0.2, 0.25) is 0 Å². The molecule has 2 N–H and O–H groups in total. The van der Waals surface area contributed by atoms with Crippen molar-refractivity contribution in [2.75, 3.05) is 0 Å². The van der Waals surface area contributed by atoms with Crippen molar-refractivity contribution in [2.45, 2.75) is 12.4 Å². The zero-order valence-electron chi connectivity index (χ0n) is 8.29. The van der Waals surface area contributed by atoms with Gasteiger partial charge in [-0.3, -0.25) is 4.79 Å². The largest absolute Gasteiger partial charge is 0.419 e. The van der Waals surface area contributed by atoms with Gasteiger partial charge in [-0.1, -0.05) is 0 Å². The standard InChI is InChI=1S/C9H4F7NO/c10-5-2-3(7(17)18)1-4(8(11,12)13)6(5)9(14,15)16/h1-2H,(H2,17,18). The van der Waals surface area contributed by atoms with Crippen LogP contribution in [-0.2, 0) is 12.4 Å². The van der Waals surface area contributed by atoms with E-state index in [1.165, 1.54) is 0 Å². The Morgan fingerprint density at radius 1 is 1.00 bits per heavy atom. The summed E-state index contributed by atoms with van der Waals surface area (Å²) < 4.78 is 87.2. The van der Waals surface area contributed by atoms with Crippen LogP contribution in [0.25, 0.3) is 0 Å². The van der Waals surface area contributed by atoms with Gasteiger partial charge in [-0.2, -0.15) is 26.3 Å². The van der Waals surface area contributed by atoms with Crippen molar-refractivity contribution < 1.29 is 35.5 Å². The molecule has 1 aromatic carbocycles. The fourth-order valence-electron chi connectivity index (χ4n) is 1.26. The van der Waals surface area contributed by atoms with E-state index in [2.05, 4.69) is 5.73 Å². The second-order valence-electron chi connectivity index (χ2n) is 3.24. The highest BCUT2D eigenvalue weighted by Gasteiger charge is 2.45. The lowest BCUT2D eigenvalue weighted by atomic mass is 10.0. The Kier molecular flexibility index (Phi) is 3.28. The number of halogens is 7. The number of carbonyl (C=O) groups is 1. The van der Waals surface area contributed by atoms with Gasteiger partial charge in [0, 0.05) is 5.56 Å². The van der Waals surface area contributed by atoms with E-state index in [0.717, 1.165) is 0 Å². The number of amides is 1. The van der Waals surface area contributed by atoms with Crippen LogP contribution in [-0.4, -0.2) is 5.91 Å². The Morgan fingerprint density at radius 3 is 1.83 bits per heavy atom. The molecule has 1 rings (SSSR count). The molecule has 100 valence electrons. The minimum absolute atomic E-state index is 0.0143. The monoisotopic (exact) mass is 275 g/mol. The van der Waals surface area contributed by atoms with Crippen LogP contribution < -0.4 is 5.73 Å². The topological polar surface area (TPSA) is 43.1 Å². The first-order chi connectivity index (χ1) is 7.94. The van der Waals surface area contributed by atoms with Crippen LogP contribution in [0.3, 0.4) is 0 Å². The summed E-state index contributed by atoms with van der Waals surface area (Å²) in [6.07, 6.45) is -11.0. The molecule has 0 aliphatic heterocycles. The Labute approximate surface area is 95.2 Å². The molecule has 0 fully saturated rings. The highest BCUT2D eigenvalue weighted by molar-refractivity contribution is 5.93. The predicted molar refractivity (Wildman–Crippen MR) is 44.9 cm³/mol. The van der Waals surface area contributed by atoms with Gasteiger partial charge >= 0.3 is 12.4 Å². The van der Waals surface area contributed by atoms with Crippen molar-refractivity contribution in [3.05, 3.63) is 34.6 Å². The minimum atomic E-state index is -5.54. The van der Waals surface area contributed by atoms with Gasteiger partial charge in [-0.25, -0.2) is 4.39 Å². The molecule has 18 heavy (non-hydrogen) atoms. The summed E-state index contributed by atoms with van der Waals surface area (Å²) in [7, 11) is 0. The zero-order chi connectivity index (χ0) is 14.3. The van der Waals surface area contributed by atoms with Gasteiger partial charge in [0.2, 0.25) is 5.91 Å². The zero-order valence-corrected chi connectivity index (χ0v) is 8.29. The maximum Gasteiger partial charge on any atom is 0.419 e. The SMILES string of the molecule is NC(=O)c1cc(F)c(C(F)(F)F)c(C(F)(F)F)c1. The quantitative estimate of drug-likeness (QED) is 0.787. The number of hydrogen-bond donors (Lipinski definition) is 1. The van der Waals surface area contributed by atoms with Gasteiger partial charge in [0.1, 0.15) is 11.4 Å². The van der Waals surface area contributed by atoms with Gasteiger partial charge in [-0.05, 0) is 12.1 Å². The molecule has 1 aromatic rings. The summed E-state index contributed by atoms with van der Waals surface area (Å²) in [5.74, 6) is -3.67. The van der Waals surface area contributed by atoms with Gasteiger partial charge in [0.25, 0.3) is 0 Å². The summed E-state index contributed by atoms with van der Waals surface area (Å²) in [6.45, 7) is 0. The average Bonchev–Trinajstić information content (AvgIpc) is 2.12. The molecule has 1 amide bonds. The lowest BCUT2D eigenvalue weighted by molar-refractivity contribution is -0.163. The number of carbonyl (C=O) groups excluding carboxylic acids is 1. The van der Waals surface area contributed by atoms with Crippen LogP contribution in [0.15, 0.2) is 12.1 Å². The van der Waals surface area contributed by atoms with Crippen LogP contribution in [0.5, 0.6) is 0 Å². The van der Waals surface area contributed by atoms with Crippen molar-refractivity contribution in [3.8, 4) is 0 Å². The Bertz CT molecular complexity index is 489. The predicted octanol–water partition coefficient (Wildman–Crippen LogP) is 2.96. The molecule has 0 unspecified atom stereocenters. The molecule has 2 nitrogen and oxygen atoms in total. The third-order valence-corrected chi connectivity index (χ3v) is 1.96. The second kappa shape index (κ2) is 4.14. The van der Waals surface area contributed by atoms with Crippen molar-refractivity contribution in [1.82, 2.24) is 0 Å². The van der Waals surface area contributed by atoms with E-state index < -0.39 is 40.8 Å². The number of benzene rings is 1. The Hall–Kier alpha value is -1.80. The van der Waals surface area contributed by atoms with E-state index in [9.17, 15) is 35.5 Å². The molecule has 0 saturated carbocycles. The fraction of sp³-hybridized carbons (Fsp3) is 0.222. The number of primary amides is 1. The first-order valence-corrected chi connectivity index (χ1v) is 4.22. The van der Waals surface area contributed by atoms with Crippen LogP contribution in [0.4, 0.5) is 30.7 Å². The maximum absolute atomic E-state index is 13.1. The Morgan fingerprint density at radius 2 is 1.50 bits per heavy atom. The Balaban J connectivity index is 3.67. The first-order valence-electron chi connectivity index (χ1n) is 4.22. The van der Waals surface area contributed by atoms with E-state index in [-0.39, 0.29) is 12.1 Å². The van der Waals surface area contributed by atoms with Crippen molar-refractivity contribution in [2.24, 2.45) is 5.73 Å². The third kappa shape index (κ3) is 2.71. The molecule has 0 heterocycles. The van der Waals surface area contributed by atoms with E-state index in [1.54, 1.807) is 0 Å². The van der Waals surface area contributed by atoms with E-state index in [0.29, 0.717) is 0 Å². The molecular weight excluding hydrogens is 271 g/mol. The number of alkyl halides is 6. The van der Waals surface area contributed by atoms with Crippen molar-refractivity contribution >= 4 is 5.91 Å². The van der Waals surface area contributed by atoms with E-state index in [1.807, 2.05) is 0 Å². The van der Waals surface area contributed by atoms with Gasteiger partial charge in [0.15, 0.2) is 0 Å². The third-order valence-electron chi connectivity index (χ3n) is 1.96. The molecule has 0 radical (unpaired) electrons. The van der Waals surface area contributed by atoms with Crippen LogP contribution >= 0.6 is 0 Å². The molecule has 0 atom stereocenters. The van der Waals surface area contributed by atoms with Crippen molar-refractivity contribution in [3.63, 3.8) is 0 Å². The van der Waals surface area contributed by atoms with Crippen LogP contribution in [0.1, 0.15) is 21.5 Å². The lowest BCUT2D eigenvalue weighted by Gasteiger charge is -2.16. The molecule has 0 bridgehead atoms. The van der Waals surface area contributed by atoms with Crippen molar-refractivity contribution in [1.29, 1.82) is 0 Å². The molecular formula is C9H4F7NO. The highest BCUT2D eigenvalue weighted by atomic mass is 19.4. The fourth-order valence-corrected chi connectivity index (χ4v) is 1.26. The summed E-state index contributed by atoms with van der Waals surface area (Å²) >= 11 is 0. The molecule has 0 aromatic heterocycles. The number of rotatable bonds is 1. The first kappa shape index (κ1) is 14.3. The number of hydrogen-bond acceptors (Lipinski definition) is 1. The van der Waals surface area contributed by atoms with Gasteiger partial charge in [-0.15, -0.1) is 0 Å². The van der Waals surface area contributed by atoms with Gasteiger partial charge < -0.3 is 5.73 Å². The maximum atomic E-state index is 13.1. The van der Waals surface area contributed by atoms with Crippen LogP contribution in [0, 0.1) is 5.82 Å². The minimum Gasteiger partial charge on any atom is -0.366 e. The lowest BCUT2D eigenvalue weighted by Crippen LogP contribution is -2.21. The summed E-state index contributed by atoms with van der Waals surface area (Å²) in [4.78, 5) is 10.6. The molecule has 0 aliphatic rings. The summed E-state index contributed by atoms with van der Waals surface area (Å²) in [5, 5.41) is 0. The normalized spacial score (nSPS) is 12.6. The van der Waals surface area contributed by atoms with E-state index >= 15 is 0 Å². The molecule has 0 spiro atoms. The summed E-state index contributed by atoms with van der Waals surface area (Å²) in [6, 6.07) is -0.116. The van der Waals surface area contributed by atoms with Gasteiger partial charge in [0.05, 0.1) is 5.56 Å². The molecule has 0 saturated heterocycles. The molecule has 9 heteroatoms. The smallest absolute Gasteiger partial charge is 0.366 e. The number of nitrogens with two attached hydrogens (primary N) is 1.